The van der Waals surface area contributed by atoms with E-state index in [0.29, 0.717) is 11.7 Å². The summed E-state index contributed by atoms with van der Waals surface area (Å²) in [6.45, 7) is 1.89. The molecule has 0 aliphatic carbocycles. The number of furan rings is 1. The maximum absolute atomic E-state index is 5.46. The first-order valence-electron chi connectivity index (χ1n) is 8.07. The molecule has 0 saturated heterocycles. The molecule has 0 radical (unpaired) electrons. The average molecular weight is 407 g/mol. The van der Waals surface area contributed by atoms with Crippen molar-refractivity contribution in [1.29, 1.82) is 0 Å². The molecule has 0 atom stereocenters. The van der Waals surface area contributed by atoms with Gasteiger partial charge < -0.3 is 4.42 Å². The minimum Gasteiger partial charge on any atom is -0.460 e. The van der Waals surface area contributed by atoms with E-state index >= 15 is 0 Å². The van der Waals surface area contributed by atoms with Gasteiger partial charge in [-0.15, -0.1) is 0 Å². The average Bonchev–Trinajstić information content (AvgIpc) is 3.07. The number of aromatic nitrogens is 2. The van der Waals surface area contributed by atoms with Crippen LogP contribution in [0.4, 0.5) is 5.95 Å². The molecule has 0 amide bonds. The number of halogens is 1. The molecule has 0 aliphatic rings. The largest absolute Gasteiger partial charge is 0.460 e. The van der Waals surface area contributed by atoms with Gasteiger partial charge in [0, 0.05) is 15.4 Å². The Kier molecular flexibility index (Phi) is 4.50. The van der Waals surface area contributed by atoms with E-state index < -0.39 is 0 Å². The van der Waals surface area contributed by atoms with Gasteiger partial charge >= 0.3 is 0 Å². The Labute approximate surface area is 158 Å². The van der Waals surface area contributed by atoms with Gasteiger partial charge in [-0.2, -0.15) is 5.10 Å². The quantitative estimate of drug-likeness (QED) is 0.363. The topological polar surface area (TPSA) is 63.3 Å². The summed E-state index contributed by atoms with van der Waals surface area (Å²) in [5.74, 6) is 1.94. The van der Waals surface area contributed by atoms with Crippen LogP contribution in [0.1, 0.15) is 11.5 Å². The lowest BCUT2D eigenvalue weighted by molar-refractivity contribution is 0.528. The van der Waals surface area contributed by atoms with Crippen LogP contribution in [-0.4, -0.2) is 16.2 Å². The lowest BCUT2D eigenvalue weighted by Crippen LogP contribution is -1.99. The van der Waals surface area contributed by atoms with Gasteiger partial charge in [0.2, 0.25) is 5.95 Å². The molecule has 1 N–H and O–H groups in total. The Bertz CT molecular complexity index is 1090. The maximum Gasteiger partial charge on any atom is 0.244 e. The zero-order chi connectivity index (χ0) is 17.9. The lowest BCUT2D eigenvalue weighted by Gasteiger charge is -2.09. The van der Waals surface area contributed by atoms with Crippen molar-refractivity contribution in [2.75, 3.05) is 5.43 Å². The molecule has 0 fully saturated rings. The molecule has 0 bridgehead atoms. The third-order valence-electron chi connectivity index (χ3n) is 3.82. The summed E-state index contributed by atoms with van der Waals surface area (Å²) >= 11 is 3.52. The van der Waals surface area contributed by atoms with Crippen LogP contribution in [0, 0.1) is 6.92 Å². The number of anilines is 1. The summed E-state index contributed by atoms with van der Waals surface area (Å²) in [6.07, 6.45) is 1.60. The smallest absolute Gasteiger partial charge is 0.244 e. The van der Waals surface area contributed by atoms with Gasteiger partial charge in [0.1, 0.15) is 11.5 Å². The van der Waals surface area contributed by atoms with E-state index in [4.69, 9.17) is 4.42 Å². The summed E-state index contributed by atoms with van der Waals surface area (Å²) < 4.78 is 6.45. The van der Waals surface area contributed by atoms with E-state index in [0.717, 1.165) is 32.4 Å². The molecule has 0 unspecified atom stereocenters. The SMILES string of the molecule is Cc1ccc(C=NNc2nc(-c3ccccc3)c3cc(Br)ccc3n2)o1. The molecule has 4 aromatic rings. The molecule has 4 rings (SSSR count). The van der Waals surface area contributed by atoms with Crippen molar-refractivity contribution in [1.82, 2.24) is 9.97 Å². The molecule has 2 heterocycles. The number of aryl methyl sites for hydroxylation is 1. The van der Waals surface area contributed by atoms with Crippen LogP contribution in [0.15, 0.2) is 74.7 Å². The van der Waals surface area contributed by atoms with Crippen molar-refractivity contribution >= 4 is 39.0 Å². The summed E-state index contributed by atoms with van der Waals surface area (Å²) in [4.78, 5) is 9.21. The van der Waals surface area contributed by atoms with Crippen molar-refractivity contribution in [2.45, 2.75) is 6.92 Å². The molecular formula is C20H15BrN4O. The molecule has 2 aromatic carbocycles. The van der Waals surface area contributed by atoms with E-state index in [2.05, 4.69) is 36.4 Å². The minimum absolute atomic E-state index is 0.429. The number of rotatable bonds is 4. The standard InChI is InChI=1S/C20H15BrN4O/c1-13-7-9-16(26-13)12-22-25-20-23-18-10-8-15(21)11-17(18)19(24-20)14-5-3-2-4-6-14/h2-12H,1H3,(H,23,24,25). The Morgan fingerprint density at radius 1 is 1.04 bits per heavy atom. The van der Waals surface area contributed by atoms with Crippen molar-refractivity contribution in [3.05, 3.63) is 76.7 Å². The molecule has 128 valence electrons. The van der Waals surface area contributed by atoms with Crippen molar-refractivity contribution in [2.24, 2.45) is 5.10 Å². The Balaban J connectivity index is 1.74. The summed E-state index contributed by atoms with van der Waals surface area (Å²) in [5, 5.41) is 5.16. The zero-order valence-corrected chi connectivity index (χ0v) is 15.6. The fourth-order valence-electron chi connectivity index (χ4n) is 2.64. The summed E-state index contributed by atoms with van der Waals surface area (Å²) in [5.41, 5.74) is 5.61. The number of nitrogens with one attached hydrogen (secondary N) is 1. The molecule has 0 spiro atoms. The first-order chi connectivity index (χ1) is 12.7. The zero-order valence-electron chi connectivity index (χ0n) is 14.0. The lowest BCUT2D eigenvalue weighted by atomic mass is 10.1. The van der Waals surface area contributed by atoms with Crippen LogP contribution < -0.4 is 5.43 Å². The van der Waals surface area contributed by atoms with Crippen LogP contribution in [0.5, 0.6) is 0 Å². The highest BCUT2D eigenvalue weighted by Crippen LogP contribution is 2.29. The molecule has 26 heavy (non-hydrogen) atoms. The predicted octanol–water partition coefficient (Wildman–Crippen LogP) is 5.41. The van der Waals surface area contributed by atoms with Gasteiger partial charge in [0.15, 0.2) is 0 Å². The van der Waals surface area contributed by atoms with Crippen molar-refractivity contribution in [3.63, 3.8) is 0 Å². The minimum atomic E-state index is 0.429. The number of fused-ring (bicyclic) bond motifs is 1. The highest BCUT2D eigenvalue weighted by Gasteiger charge is 2.10. The van der Waals surface area contributed by atoms with Gasteiger partial charge in [-0.3, -0.25) is 0 Å². The van der Waals surface area contributed by atoms with Gasteiger partial charge in [-0.05, 0) is 37.3 Å². The van der Waals surface area contributed by atoms with Gasteiger partial charge in [0.25, 0.3) is 0 Å². The number of hydrogen-bond donors (Lipinski definition) is 1. The number of hydrazone groups is 1. The number of nitrogens with zero attached hydrogens (tertiary/aromatic N) is 3. The molecule has 0 aliphatic heterocycles. The first kappa shape index (κ1) is 16.5. The Hall–Kier alpha value is -2.99. The van der Waals surface area contributed by atoms with Gasteiger partial charge in [0.05, 0.1) is 17.4 Å². The molecule has 6 heteroatoms. The van der Waals surface area contributed by atoms with Crippen LogP contribution in [-0.2, 0) is 0 Å². The van der Waals surface area contributed by atoms with E-state index in [1.807, 2.05) is 67.6 Å². The second-order valence-electron chi connectivity index (χ2n) is 5.74. The van der Waals surface area contributed by atoms with Crippen LogP contribution in [0.25, 0.3) is 22.2 Å². The van der Waals surface area contributed by atoms with Crippen LogP contribution >= 0.6 is 15.9 Å². The van der Waals surface area contributed by atoms with E-state index in [9.17, 15) is 0 Å². The fourth-order valence-corrected chi connectivity index (χ4v) is 3.00. The van der Waals surface area contributed by atoms with Gasteiger partial charge in [-0.25, -0.2) is 15.4 Å². The Morgan fingerprint density at radius 3 is 2.65 bits per heavy atom. The summed E-state index contributed by atoms with van der Waals surface area (Å²) in [7, 11) is 0. The second kappa shape index (κ2) is 7.09. The Morgan fingerprint density at radius 2 is 1.88 bits per heavy atom. The molecule has 2 aromatic heterocycles. The fraction of sp³-hybridized carbons (Fsp3) is 0.0500. The monoisotopic (exact) mass is 406 g/mol. The highest BCUT2D eigenvalue weighted by molar-refractivity contribution is 9.10. The third-order valence-corrected chi connectivity index (χ3v) is 4.32. The maximum atomic E-state index is 5.46. The van der Waals surface area contributed by atoms with Gasteiger partial charge in [-0.1, -0.05) is 46.3 Å². The van der Waals surface area contributed by atoms with Crippen LogP contribution in [0.3, 0.4) is 0 Å². The predicted molar refractivity (Wildman–Crippen MR) is 107 cm³/mol. The summed E-state index contributed by atoms with van der Waals surface area (Å²) in [6, 6.07) is 19.7. The molecule has 0 saturated carbocycles. The third kappa shape index (κ3) is 3.50. The van der Waals surface area contributed by atoms with Crippen molar-refractivity contribution < 1.29 is 4.42 Å². The first-order valence-corrected chi connectivity index (χ1v) is 8.86. The normalized spacial score (nSPS) is 11.3. The van der Waals surface area contributed by atoms with Crippen molar-refractivity contribution in [3.8, 4) is 11.3 Å². The van der Waals surface area contributed by atoms with Crippen LogP contribution in [0.2, 0.25) is 0 Å². The number of benzene rings is 2. The second-order valence-corrected chi connectivity index (χ2v) is 6.66. The van der Waals surface area contributed by atoms with E-state index in [1.165, 1.54) is 0 Å². The molecular weight excluding hydrogens is 392 g/mol. The van der Waals surface area contributed by atoms with E-state index in [1.54, 1.807) is 6.21 Å². The van der Waals surface area contributed by atoms with E-state index in [-0.39, 0.29) is 0 Å². The molecule has 5 nitrogen and oxygen atoms in total. The number of hydrogen-bond acceptors (Lipinski definition) is 5. The highest BCUT2D eigenvalue weighted by atomic mass is 79.9.